The van der Waals surface area contributed by atoms with Crippen LogP contribution in [-0.4, -0.2) is 5.78 Å². The van der Waals surface area contributed by atoms with Crippen LogP contribution in [0.1, 0.15) is 36.8 Å². The molecule has 1 nitrogen and oxygen atoms in total. The molecule has 2 rings (SSSR count). The van der Waals surface area contributed by atoms with Gasteiger partial charge in [-0.05, 0) is 24.0 Å². The number of allylic oxidation sites excluding steroid dienone is 1. The van der Waals surface area contributed by atoms with Gasteiger partial charge in [0.15, 0.2) is 0 Å². The van der Waals surface area contributed by atoms with E-state index in [9.17, 15) is 4.79 Å². The van der Waals surface area contributed by atoms with Crippen molar-refractivity contribution in [1.29, 1.82) is 0 Å². The predicted molar refractivity (Wildman–Crippen MR) is 58.1 cm³/mol. The van der Waals surface area contributed by atoms with Gasteiger partial charge in [-0.25, -0.2) is 0 Å². The van der Waals surface area contributed by atoms with E-state index in [0.29, 0.717) is 24.5 Å². The molecular formula is C13H14O. The molecule has 1 aromatic rings. The molecule has 0 heterocycles. The summed E-state index contributed by atoms with van der Waals surface area (Å²) in [6, 6.07) is 8.25. The fourth-order valence-electron chi connectivity index (χ4n) is 1.95. The summed E-state index contributed by atoms with van der Waals surface area (Å²) in [7, 11) is 0. The molecule has 1 fully saturated rings. The molecule has 0 aromatic heterocycles. The molecule has 0 N–H and O–H groups in total. The normalized spacial score (nSPS) is 16.5. The minimum Gasteiger partial charge on any atom is -0.300 e. The molecule has 1 saturated carbocycles. The second kappa shape index (κ2) is 3.41. The maximum Gasteiger partial charge on any atom is 0.134 e. The molecule has 1 aromatic carbocycles. The van der Waals surface area contributed by atoms with Crippen LogP contribution in [0.4, 0.5) is 0 Å². The highest BCUT2D eigenvalue weighted by Crippen LogP contribution is 2.37. The van der Waals surface area contributed by atoms with E-state index < -0.39 is 0 Å². The van der Waals surface area contributed by atoms with E-state index in [0.717, 1.165) is 5.57 Å². The number of carbonyl (C=O) groups excluding carboxylic acids is 1. The Morgan fingerprint density at radius 2 is 2.00 bits per heavy atom. The summed E-state index contributed by atoms with van der Waals surface area (Å²) < 4.78 is 0. The Morgan fingerprint density at radius 3 is 2.57 bits per heavy atom. The fraction of sp³-hybridized carbons (Fsp3) is 0.308. The van der Waals surface area contributed by atoms with Crippen molar-refractivity contribution >= 4 is 11.4 Å². The van der Waals surface area contributed by atoms with Crippen LogP contribution in [0.15, 0.2) is 30.8 Å². The van der Waals surface area contributed by atoms with Crippen molar-refractivity contribution in [2.45, 2.75) is 25.7 Å². The van der Waals surface area contributed by atoms with Crippen molar-refractivity contribution in [2.24, 2.45) is 0 Å². The van der Waals surface area contributed by atoms with Crippen LogP contribution >= 0.6 is 0 Å². The molecule has 1 aliphatic rings. The lowest BCUT2D eigenvalue weighted by molar-refractivity contribution is -0.124. The average molecular weight is 186 g/mol. The number of carbonyl (C=O) groups is 1. The fourth-order valence-corrected chi connectivity index (χ4v) is 1.95. The van der Waals surface area contributed by atoms with Crippen molar-refractivity contribution in [3.63, 3.8) is 0 Å². The Hall–Kier alpha value is -1.37. The van der Waals surface area contributed by atoms with Crippen molar-refractivity contribution in [2.75, 3.05) is 0 Å². The monoisotopic (exact) mass is 186 g/mol. The summed E-state index contributed by atoms with van der Waals surface area (Å²) in [5.74, 6) is 0.821. The molecule has 0 saturated heterocycles. The number of Topliss-reactive ketones (excluding diaryl/α,β-unsaturated/α-hetero) is 1. The molecule has 0 aliphatic heterocycles. The van der Waals surface area contributed by atoms with Gasteiger partial charge in [-0.3, -0.25) is 4.79 Å². The third kappa shape index (κ3) is 1.50. The maximum atomic E-state index is 10.9. The summed E-state index contributed by atoms with van der Waals surface area (Å²) >= 11 is 0. The summed E-state index contributed by atoms with van der Waals surface area (Å²) in [6.07, 6.45) is 1.43. The Labute approximate surface area is 84.5 Å². The van der Waals surface area contributed by atoms with E-state index in [4.69, 9.17) is 0 Å². The first-order chi connectivity index (χ1) is 6.68. The zero-order valence-electron chi connectivity index (χ0n) is 8.42. The third-order valence-electron chi connectivity index (χ3n) is 2.81. The van der Waals surface area contributed by atoms with Gasteiger partial charge in [0.25, 0.3) is 0 Å². The number of hydrogen-bond donors (Lipinski definition) is 0. The summed E-state index contributed by atoms with van der Waals surface area (Å²) in [4.78, 5) is 10.9. The second-order valence-corrected chi connectivity index (χ2v) is 4.01. The van der Waals surface area contributed by atoms with Gasteiger partial charge in [0, 0.05) is 12.8 Å². The SMILES string of the molecule is C=C(C)c1ccccc1C1CC(=O)C1. The lowest BCUT2D eigenvalue weighted by atomic mass is 9.76. The van der Waals surface area contributed by atoms with Crippen molar-refractivity contribution in [3.8, 4) is 0 Å². The zero-order valence-corrected chi connectivity index (χ0v) is 8.42. The van der Waals surface area contributed by atoms with Gasteiger partial charge in [0.2, 0.25) is 0 Å². The molecule has 0 atom stereocenters. The Kier molecular flexibility index (Phi) is 2.24. The maximum absolute atomic E-state index is 10.9. The summed E-state index contributed by atoms with van der Waals surface area (Å²) in [6.45, 7) is 5.97. The van der Waals surface area contributed by atoms with Crippen LogP contribution in [0, 0.1) is 0 Å². The van der Waals surface area contributed by atoms with Crippen LogP contribution in [0.3, 0.4) is 0 Å². The van der Waals surface area contributed by atoms with Crippen molar-refractivity contribution < 1.29 is 4.79 Å². The first-order valence-electron chi connectivity index (χ1n) is 4.95. The van der Waals surface area contributed by atoms with Crippen LogP contribution in [-0.2, 0) is 4.79 Å². The number of hydrogen-bond acceptors (Lipinski definition) is 1. The van der Waals surface area contributed by atoms with Crippen molar-refractivity contribution in [3.05, 3.63) is 42.0 Å². The first-order valence-corrected chi connectivity index (χ1v) is 4.95. The first kappa shape index (κ1) is 9.20. The van der Waals surface area contributed by atoms with E-state index in [1.807, 2.05) is 19.1 Å². The highest BCUT2D eigenvalue weighted by Gasteiger charge is 2.29. The molecule has 0 spiro atoms. The summed E-state index contributed by atoms with van der Waals surface area (Å²) in [5, 5.41) is 0. The van der Waals surface area contributed by atoms with Gasteiger partial charge < -0.3 is 0 Å². The number of ketones is 1. The lowest BCUT2D eigenvalue weighted by Crippen LogP contribution is -2.21. The molecule has 0 unspecified atom stereocenters. The standard InChI is InChI=1S/C13H14O/c1-9(2)12-5-3-4-6-13(12)10-7-11(14)8-10/h3-6,10H,1,7-8H2,2H3. The topological polar surface area (TPSA) is 17.1 Å². The second-order valence-electron chi connectivity index (χ2n) is 4.01. The number of rotatable bonds is 2. The Balaban J connectivity index is 2.32. The molecule has 0 amide bonds. The molecular weight excluding hydrogens is 172 g/mol. The largest absolute Gasteiger partial charge is 0.300 e. The smallest absolute Gasteiger partial charge is 0.134 e. The summed E-state index contributed by atoms with van der Waals surface area (Å²) in [5.41, 5.74) is 3.59. The third-order valence-corrected chi connectivity index (χ3v) is 2.81. The highest BCUT2D eigenvalue weighted by atomic mass is 16.1. The van der Waals surface area contributed by atoms with Crippen LogP contribution in [0.2, 0.25) is 0 Å². The average Bonchev–Trinajstić information content (AvgIpc) is 2.13. The van der Waals surface area contributed by atoms with E-state index >= 15 is 0 Å². The van der Waals surface area contributed by atoms with Crippen LogP contribution in [0.5, 0.6) is 0 Å². The zero-order chi connectivity index (χ0) is 10.1. The minimum absolute atomic E-state index is 0.381. The van der Waals surface area contributed by atoms with E-state index in [-0.39, 0.29) is 0 Å². The molecule has 72 valence electrons. The number of benzene rings is 1. The molecule has 0 bridgehead atoms. The van der Waals surface area contributed by atoms with Crippen LogP contribution in [0.25, 0.3) is 5.57 Å². The Bertz CT molecular complexity index is 382. The van der Waals surface area contributed by atoms with E-state index in [1.165, 1.54) is 11.1 Å². The van der Waals surface area contributed by atoms with Gasteiger partial charge in [-0.1, -0.05) is 36.4 Å². The van der Waals surface area contributed by atoms with Gasteiger partial charge in [0.1, 0.15) is 5.78 Å². The van der Waals surface area contributed by atoms with Crippen molar-refractivity contribution in [1.82, 2.24) is 0 Å². The van der Waals surface area contributed by atoms with E-state index in [1.54, 1.807) is 0 Å². The van der Waals surface area contributed by atoms with E-state index in [2.05, 4.69) is 18.7 Å². The molecule has 0 radical (unpaired) electrons. The molecule has 1 aliphatic carbocycles. The highest BCUT2D eigenvalue weighted by molar-refractivity contribution is 5.87. The van der Waals surface area contributed by atoms with Gasteiger partial charge in [-0.2, -0.15) is 0 Å². The minimum atomic E-state index is 0.381. The predicted octanol–water partition coefficient (Wildman–Crippen LogP) is 3.17. The lowest BCUT2D eigenvalue weighted by Gasteiger charge is -2.26. The quantitative estimate of drug-likeness (QED) is 0.693. The molecule has 1 heteroatoms. The van der Waals surface area contributed by atoms with Gasteiger partial charge in [-0.15, -0.1) is 0 Å². The molecule has 14 heavy (non-hydrogen) atoms. The van der Waals surface area contributed by atoms with Crippen LogP contribution < -0.4 is 0 Å². The van der Waals surface area contributed by atoms with Gasteiger partial charge in [0.05, 0.1) is 0 Å². The van der Waals surface area contributed by atoms with Gasteiger partial charge >= 0.3 is 0 Å². The Morgan fingerprint density at radius 1 is 1.36 bits per heavy atom.